The molecule has 2 atom stereocenters. The Morgan fingerprint density at radius 1 is 1.25 bits per heavy atom. The molecule has 1 aliphatic heterocycles. The maximum absolute atomic E-state index is 11.7. The van der Waals surface area contributed by atoms with Gasteiger partial charge in [0.1, 0.15) is 0 Å². The molecule has 0 saturated carbocycles. The number of quaternary nitrogens is 1. The van der Waals surface area contributed by atoms with Crippen LogP contribution in [-0.2, 0) is 11.2 Å². The van der Waals surface area contributed by atoms with Crippen LogP contribution in [0.1, 0.15) is 61.4 Å². The summed E-state index contributed by atoms with van der Waals surface area (Å²) in [6, 6.07) is 8.65. The Hall–Kier alpha value is -2.28. The van der Waals surface area contributed by atoms with Crippen LogP contribution in [0, 0.1) is 5.92 Å². The van der Waals surface area contributed by atoms with Gasteiger partial charge in [-0.15, -0.1) is 5.10 Å². The fourth-order valence-corrected chi connectivity index (χ4v) is 4.33. The molecule has 28 heavy (non-hydrogen) atoms. The SMILES string of the molecule is CCC[C@H](C(=O)[O-])[C@H](Cc1ccc(C2CC[N+](C)(C)CC2)cc1)c1nnn[nH]1. The number of nitrogens with one attached hydrogen (secondary N) is 1. The topological polar surface area (TPSA) is 94.6 Å². The number of tetrazole rings is 1. The van der Waals surface area contributed by atoms with Crippen molar-refractivity contribution < 1.29 is 14.4 Å². The molecule has 0 aliphatic carbocycles. The highest BCUT2D eigenvalue weighted by Gasteiger charge is 2.28. The fraction of sp³-hybridized carbons (Fsp3) is 0.619. The average Bonchev–Trinajstić information content (AvgIpc) is 3.19. The van der Waals surface area contributed by atoms with Crippen molar-refractivity contribution in [2.75, 3.05) is 27.2 Å². The second kappa shape index (κ2) is 8.82. The highest BCUT2D eigenvalue weighted by molar-refractivity contribution is 5.69. The minimum absolute atomic E-state index is 0.321. The molecule has 1 aromatic carbocycles. The monoisotopic (exact) mass is 385 g/mol. The zero-order valence-electron chi connectivity index (χ0n) is 17.1. The van der Waals surface area contributed by atoms with Crippen LogP contribution in [0.2, 0.25) is 0 Å². The van der Waals surface area contributed by atoms with Crippen molar-refractivity contribution >= 4 is 5.97 Å². The molecule has 7 heteroatoms. The number of aromatic nitrogens is 4. The standard InChI is InChI=1S/C21H31N5O2/c1-4-5-18(21(27)28)19(20-22-24-25-23-20)14-15-6-8-16(9-7-15)17-10-12-26(2,3)13-11-17/h6-9,17-19H,4-5,10-14H2,1-3H3,(H-,22,23,24,25,27,28)/t18-,19-/m0/s1. The highest BCUT2D eigenvalue weighted by Crippen LogP contribution is 2.32. The number of carbonyl (C=O) groups is 1. The summed E-state index contributed by atoms with van der Waals surface area (Å²) in [5, 5.41) is 25.8. The van der Waals surface area contributed by atoms with E-state index in [-0.39, 0.29) is 5.92 Å². The van der Waals surface area contributed by atoms with Gasteiger partial charge in [-0.3, -0.25) is 0 Å². The molecular weight excluding hydrogens is 354 g/mol. The van der Waals surface area contributed by atoms with Crippen LogP contribution in [0.4, 0.5) is 0 Å². The van der Waals surface area contributed by atoms with Crippen LogP contribution in [0.5, 0.6) is 0 Å². The van der Waals surface area contributed by atoms with E-state index in [2.05, 4.69) is 59.0 Å². The third-order valence-corrected chi connectivity index (χ3v) is 6.17. The van der Waals surface area contributed by atoms with E-state index in [1.165, 1.54) is 31.5 Å². The molecule has 1 aliphatic rings. The minimum atomic E-state index is -1.04. The lowest BCUT2D eigenvalue weighted by atomic mass is 9.82. The Kier molecular flexibility index (Phi) is 6.44. The number of hydrogen-bond donors (Lipinski definition) is 1. The van der Waals surface area contributed by atoms with E-state index in [1.54, 1.807) is 0 Å². The van der Waals surface area contributed by atoms with Gasteiger partial charge in [-0.25, -0.2) is 5.10 Å². The normalized spacial score (nSPS) is 19.2. The van der Waals surface area contributed by atoms with Gasteiger partial charge in [-0.2, -0.15) is 0 Å². The number of carboxylic acids is 1. The average molecular weight is 386 g/mol. The van der Waals surface area contributed by atoms with E-state index in [9.17, 15) is 9.90 Å². The number of aromatic amines is 1. The van der Waals surface area contributed by atoms with Crippen molar-refractivity contribution in [2.45, 2.75) is 50.9 Å². The molecule has 1 saturated heterocycles. The van der Waals surface area contributed by atoms with Gasteiger partial charge in [0.25, 0.3) is 0 Å². The zero-order valence-corrected chi connectivity index (χ0v) is 17.1. The molecule has 0 radical (unpaired) electrons. The number of likely N-dealkylation sites (tertiary alicyclic amines) is 1. The molecule has 3 rings (SSSR count). The molecule has 0 amide bonds. The second-order valence-corrected chi connectivity index (χ2v) is 8.71. The van der Waals surface area contributed by atoms with Crippen LogP contribution in [-0.4, -0.2) is 58.3 Å². The summed E-state index contributed by atoms with van der Waals surface area (Å²) in [6.07, 6.45) is 4.31. The minimum Gasteiger partial charge on any atom is -0.550 e. The van der Waals surface area contributed by atoms with Gasteiger partial charge in [-0.05, 0) is 40.3 Å². The van der Waals surface area contributed by atoms with Gasteiger partial charge >= 0.3 is 0 Å². The van der Waals surface area contributed by atoms with Crippen LogP contribution in [0.15, 0.2) is 24.3 Å². The number of hydrogen-bond acceptors (Lipinski definition) is 5. The van der Waals surface area contributed by atoms with Crippen LogP contribution in [0.3, 0.4) is 0 Å². The summed E-state index contributed by atoms with van der Waals surface area (Å²) in [5.41, 5.74) is 2.48. The number of H-pyrrole nitrogens is 1. The lowest BCUT2D eigenvalue weighted by Gasteiger charge is -2.37. The molecule has 0 spiro atoms. The third kappa shape index (κ3) is 4.95. The van der Waals surface area contributed by atoms with Crippen LogP contribution in [0.25, 0.3) is 0 Å². The van der Waals surface area contributed by atoms with Crippen LogP contribution >= 0.6 is 0 Å². The smallest absolute Gasteiger partial charge is 0.152 e. The number of nitrogens with zero attached hydrogens (tertiary/aromatic N) is 4. The predicted molar refractivity (Wildman–Crippen MR) is 104 cm³/mol. The highest BCUT2D eigenvalue weighted by atomic mass is 16.4. The van der Waals surface area contributed by atoms with Crippen molar-refractivity contribution in [2.24, 2.45) is 5.92 Å². The number of aliphatic carboxylic acids is 1. The molecule has 2 heterocycles. The first-order valence-electron chi connectivity index (χ1n) is 10.2. The maximum atomic E-state index is 11.7. The van der Waals surface area contributed by atoms with Gasteiger partial charge in [0.2, 0.25) is 0 Å². The Bertz CT molecular complexity index is 748. The second-order valence-electron chi connectivity index (χ2n) is 8.71. The summed E-state index contributed by atoms with van der Waals surface area (Å²) in [7, 11) is 4.59. The first-order valence-corrected chi connectivity index (χ1v) is 10.2. The largest absolute Gasteiger partial charge is 0.550 e. The molecular formula is C21H31N5O2. The van der Waals surface area contributed by atoms with Crippen molar-refractivity contribution in [1.82, 2.24) is 20.6 Å². The predicted octanol–water partition coefficient (Wildman–Crippen LogP) is 1.65. The molecule has 1 N–H and O–H groups in total. The maximum Gasteiger partial charge on any atom is 0.152 e. The lowest BCUT2D eigenvalue weighted by molar-refractivity contribution is -0.895. The molecule has 152 valence electrons. The van der Waals surface area contributed by atoms with E-state index in [0.29, 0.717) is 24.6 Å². The van der Waals surface area contributed by atoms with Gasteiger partial charge in [0.15, 0.2) is 5.82 Å². The summed E-state index contributed by atoms with van der Waals surface area (Å²) >= 11 is 0. The van der Waals surface area contributed by atoms with Crippen molar-refractivity contribution in [1.29, 1.82) is 0 Å². The Morgan fingerprint density at radius 3 is 2.46 bits per heavy atom. The first kappa shape index (κ1) is 20.5. The third-order valence-electron chi connectivity index (χ3n) is 6.17. The molecule has 1 fully saturated rings. The summed E-state index contributed by atoms with van der Waals surface area (Å²) in [6.45, 7) is 4.39. The molecule has 1 aromatic heterocycles. The van der Waals surface area contributed by atoms with E-state index >= 15 is 0 Å². The molecule has 0 bridgehead atoms. The molecule has 2 aromatic rings. The number of benzene rings is 1. The quantitative estimate of drug-likeness (QED) is 0.697. The number of carbonyl (C=O) groups excluding carboxylic acids is 1. The van der Waals surface area contributed by atoms with E-state index in [4.69, 9.17) is 0 Å². The zero-order chi connectivity index (χ0) is 20.1. The van der Waals surface area contributed by atoms with Gasteiger partial charge < -0.3 is 14.4 Å². The summed E-state index contributed by atoms with van der Waals surface area (Å²) in [5.74, 6) is -0.844. The van der Waals surface area contributed by atoms with Crippen molar-refractivity contribution in [3.05, 3.63) is 41.2 Å². The molecule has 0 unspecified atom stereocenters. The Balaban J connectivity index is 1.73. The number of carboxylic acid groups (broad SMARTS) is 1. The van der Waals surface area contributed by atoms with E-state index in [1.807, 2.05) is 6.92 Å². The molecule has 7 nitrogen and oxygen atoms in total. The van der Waals surface area contributed by atoms with Crippen LogP contribution < -0.4 is 5.11 Å². The van der Waals surface area contributed by atoms with E-state index < -0.39 is 11.9 Å². The summed E-state index contributed by atoms with van der Waals surface area (Å²) < 4.78 is 1.10. The fourth-order valence-electron chi connectivity index (χ4n) is 4.33. The summed E-state index contributed by atoms with van der Waals surface area (Å²) in [4.78, 5) is 11.7. The van der Waals surface area contributed by atoms with Gasteiger partial charge in [-0.1, -0.05) is 37.6 Å². The van der Waals surface area contributed by atoms with Gasteiger partial charge in [0, 0.05) is 30.6 Å². The van der Waals surface area contributed by atoms with Crippen molar-refractivity contribution in [3.63, 3.8) is 0 Å². The van der Waals surface area contributed by atoms with E-state index in [0.717, 1.165) is 16.5 Å². The first-order chi connectivity index (χ1) is 13.4. The Morgan fingerprint density at radius 2 is 1.93 bits per heavy atom. The van der Waals surface area contributed by atoms with Gasteiger partial charge in [0.05, 0.1) is 27.2 Å². The Labute approximate surface area is 166 Å². The number of rotatable bonds is 8. The lowest BCUT2D eigenvalue weighted by Crippen LogP contribution is -2.45. The van der Waals surface area contributed by atoms with Crippen molar-refractivity contribution in [3.8, 4) is 0 Å². The number of piperidine rings is 1.